The van der Waals surface area contributed by atoms with Gasteiger partial charge in [-0.2, -0.15) is 0 Å². The third kappa shape index (κ3) is 3.08. The molecule has 0 saturated carbocycles. The van der Waals surface area contributed by atoms with Crippen LogP contribution >= 0.6 is 0 Å². The maximum Gasteiger partial charge on any atom is 0.258 e. The molecule has 1 aromatic heterocycles. The minimum Gasteiger partial charge on any atom is -0.493 e. The zero-order chi connectivity index (χ0) is 15.4. The molecule has 1 amide bonds. The lowest BCUT2D eigenvalue weighted by Gasteiger charge is -2.22. The van der Waals surface area contributed by atoms with Crippen molar-refractivity contribution in [2.24, 2.45) is 0 Å². The third-order valence-corrected chi connectivity index (χ3v) is 3.81. The van der Waals surface area contributed by atoms with E-state index in [1.54, 1.807) is 25.5 Å². The van der Waals surface area contributed by atoms with Crippen molar-refractivity contribution in [3.05, 3.63) is 47.9 Å². The Morgan fingerprint density at radius 1 is 1.32 bits per heavy atom. The molecule has 1 aromatic carbocycles. The van der Waals surface area contributed by atoms with E-state index in [-0.39, 0.29) is 18.6 Å². The highest BCUT2D eigenvalue weighted by atomic mass is 16.5. The number of benzene rings is 1. The first-order valence-electron chi connectivity index (χ1n) is 7.39. The van der Waals surface area contributed by atoms with E-state index in [2.05, 4.69) is 5.32 Å². The molecule has 0 saturated heterocycles. The summed E-state index contributed by atoms with van der Waals surface area (Å²) in [5, 5.41) is 3.00. The van der Waals surface area contributed by atoms with E-state index in [4.69, 9.17) is 13.9 Å². The number of carbonyl (C=O) groups excluding carboxylic acids is 1. The van der Waals surface area contributed by atoms with E-state index in [0.717, 1.165) is 30.6 Å². The summed E-state index contributed by atoms with van der Waals surface area (Å²) in [6, 6.07) is 9.22. The Hall–Kier alpha value is -2.43. The van der Waals surface area contributed by atoms with Crippen molar-refractivity contribution in [1.82, 2.24) is 5.32 Å². The van der Waals surface area contributed by atoms with Crippen LogP contribution < -0.4 is 14.8 Å². The second-order valence-corrected chi connectivity index (χ2v) is 5.25. The van der Waals surface area contributed by atoms with E-state index in [0.29, 0.717) is 11.5 Å². The second-order valence-electron chi connectivity index (χ2n) is 5.25. The van der Waals surface area contributed by atoms with Crippen molar-refractivity contribution in [2.75, 3.05) is 13.7 Å². The van der Waals surface area contributed by atoms with Crippen LogP contribution in [0, 0.1) is 0 Å². The molecule has 1 atom stereocenters. The van der Waals surface area contributed by atoms with E-state index in [9.17, 15) is 4.79 Å². The lowest BCUT2D eigenvalue weighted by molar-refractivity contribution is -0.124. The SMILES string of the molecule is COc1ccccc1OCC(=O)NC1CCCc2occc21. The van der Waals surface area contributed by atoms with E-state index in [1.807, 2.05) is 18.2 Å². The molecule has 0 fully saturated rings. The number of rotatable bonds is 5. The number of furan rings is 1. The summed E-state index contributed by atoms with van der Waals surface area (Å²) in [6.45, 7) is -0.0376. The predicted octanol–water partition coefficient (Wildman–Crippen LogP) is 2.86. The Bertz CT molecular complexity index is 650. The van der Waals surface area contributed by atoms with Gasteiger partial charge in [0.05, 0.1) is 19.4 Å². The van der Waals surface area contributed by atoms with Crippen molar-refractivity contribution >= 4 is 5.91 Å². The molecule has 1 heterocycles. The van der Waals surface area contributed by atoms with Crippen molar-refractivity contribution in [1.29, 1.82) is 0 Å². The van der Waals surface area contributed by atoms with Crippen LogP contribution in [0.3, 0.4) is 0 Å². The van der Waals surface area contributed by atoms with Crippen molar-refractivity contribution in [3.63, 3.8) is 0 Å². The highest BCUT2D eigenvalue weighted by Crippen LogP contribution is 2.30. The molecule has 22 heavy (non-hydrogen) atoms. The average molecular weight is 301 g/mol. The monoisotopic (exact) mass is 301 g/mol. The first kappa shape index (κ1) is 14.5. The van der Waals surface area contributed by atoms with E-state index in [1.165, 1.54) is 0 Å². The molecular formula is C17H19NO4. The highest BCUT2D eigenvalue weighted by Gasteiger charge is 2.24. The van der Waals surface area contributed by atoms with Crippen LogP contribution in [0.25, 0.3) is 0 Å². The maximum atomic E-state index is 12.1. The fraction of sp³-hybridized carbons (Fsp3) is 0.353. The molecule has 3 rings (SSSR count). The number of hydrogen-bond donors (Lipinski definition) is 1. The van der Waals surface area contributed by atoms with Gasteiger partial charge in [0.25, 0.3) is 5.91 Å². The average Bonchev–Trinajstić information content (AvgIpc) is 3.03. The van der Waals surface area contributed by atoms with E-state index < -0.39 is 0 Å². The second kappa shape index (κ2) is 6.56. The molecule has 5 heteroatoms. The summed E-state index contributed by atoms with van der Waals surface area (Å²) in [7, 11) is 1.57. The van der Waals surface area contributed by atoms with Gasteiger partial charge in [-0.1, -0.05) is 12.1 Å². The Kier molecular flexibility index (Phi) is 4.32. The van der Waals surface area contributed by atoms with Crippen molar-refractivity contribution in [3.8, 4) is 11.5 Å². The fourth-order valence-electron chi connectivity index (χ4n) is 2.75. The fourth-order valence-corrected chi connectivity index (χ4v) is 2.75. The van der Waals surface area contributed by atoms with Gasteiger partial charge in [0.2, 0.25) is 0 Å². The number of methoxy groups -OCH3 is 1. The Morgan fingerprint density at radius 3 is 2.95 bits per heavy atom. The minimum atomic E-state index is -0.148. The van der Waals surface area contributed by atoms with Crippen LogP contribution in [0.2, 0.25) is 0 Å². The smallest absolute Gasteiger partial charge is 0.258 e. The zero-order valence-electron chi connectivity index (χ0n) is 12.5. The Morgan fingerprint density at radius 2 is 2.14 bits per heavy atom. The first-order valence-corrected chi connectivity index (χ1v) is 7.39. The zero-order valence-corrected chi connectivity index (χ0v) is 12.5. The summed E-state index contributed by atoms with van der Waals surface area (Å²) < 4.78 is 16.2. The number of aryl methyl sites for hydroxylation is 1. The summed E-state index contributed by atoms with van der Waals surface area (Å²) in [6.07, 6.45) is 4.55. The molecule has 0 radical (unpaired) electrons. The van der Waals surface area contributed by atoms with Crippen molar-refractivity contribution < 1.29 is 18.7 Å². The van der Waals surface area contributed by atoms with Crippen LogP contribution in [0.15, 0.2) is 41.0 Å². The molecule has 5 nitrogen and oxygen atoms in total. The van der Waals surface area contributed by atoms with Crippen LogP contribution in [0.4, 0.5) is 0 Å². The van der Waals surface area contributed by atoms with Gasteiger partial charge in [-0.3, -0.25) is 4.79 Å². The summed E-state index contributed by atoms with van der Waals surface area (Å²) in [4.78, 5) is 12.1. The normalized spacial score (nSPS) is 16.7. The van der Waals surface area contributed by atoms with Gasteiger partial charge in [0.15, 0.2) is 18.1 Å². The molecule has 0 bridgehead atoms. The summed E-state index contributed by atoms with van der Waals surface area (Å²) in [5.74, 6) is 2.00. The molecular weight excluding hydrogens is 282 g/mol. The molecule has 2 aromatic rings. The number of nitrogens with one attached hydrogen (secondary N) is 1. The van der Waals surface area contributed by atoms with Gasteiger partial charge in [-0.25, -0.2) is 0 Å². The third-order valence-electron chi connectivity index (χ3n) is 3.81. The highest BCUT2D eigenvalue weighted by molar-refractivity contribution is 5.78. The molecule has 0 spiro atoms. The molecule has 1 unspecified atom stereocenters. The number of hydrogen-bond acceptors (Lipinski definition) is 4. The molecule has 1 N–H and O–H groups in total. The number of carbonyl (C=O) groups is 1. The van der Waals surface area contributed by atoms with Crippen molar-refractivity contribution in [2.45, 2.75) is 25.3 Å². The number of fused-ring (bicyclic) bond motifs is 1. The number of para-hydroxylation sites is 2. The van der Waals surface area contributed by atoms with Crippen LogP contribution in [-0.2, 0) is 11.2 Å². The largest absolute Gasteiger partial charge is 0.493 e. The summed E-state index contributed by atoms with van der Waals surface area (Å²) >= 11 is 0. The Balaban J connectivity index is 1.58. The van der Waals surface area contributed by atoms with Crippen LogP contribution in [0.5, 0.6) is 11.5 Å². The van der Waals surface area contributed by atoms with Gasteiger partial charge < -0.3 is 19.2 Å². The molecule has 116 valence electrons. The standard InChI is InChI=1S/C17H19NO4/c1-20-15-6-2-3-7-16(15)22-11-17(19)18-13-5-4-8-14-12(13)9-10-21-14/h2-3,6-7,9-10,13H,4-5,8,11H2,1H3,(H,18,19). The van der Waals surface area contributed by atoms with Gasteiger partial charge >= 0.3 is 0 Å². The summed E-state index contributed by atoms with van der Waals surface area (Å²) in [5.41, 5.74) is 1.08. The van der Waals surface area contributed by atoms with Crippen LogP contribution in [-0.4, -0.2) is 19.6 Å². The first-order chi connectivity index (χ1) is 10.8. The lowest BCUT2D eigenvalue weighted by Crippen LogP contribution is -2.34. The number of ether oxygens (including phenoxy) is 2. The van der Waals surface area contributed by atoms with Gasteiger partial charge in [0, 0.05) is 12.0 Å². The molecule has 1 aliphatic rings. The maximum absolute atomic E-state index is 12.1. The number of amides is 1. The van der Waals surface area contributed by atoms with Crippen LogP contribution in [0.1, 0.15) is 30.2 Å². The molecule has 1 aliphatic carbocycles. The van der Waals surface area contributed by atoms with Gasteiger partial charge in [0.1, 0.15) is 5.76 Å². The van der Waals surface area contributed by atoms with Gasteiger partial charge in [-0.15, -0.1) is 0 Å². The van der Waals surface area contributed by atoms with Gasteiger partial charge in [-0.05, 0) is 31.0 Å². The molecule has 0 aliphatic heterocycles. The Labute approximate surface area is 129 Å². The predicted molar refractivity (Wildman–Crippen MR) is 81.0 cm³/mol. The minimum absolute atomic E-state index is 0.0104. The lowest BCUT2D eigenvalue weighted by atomic mass is 9.93. The topological polar surface area (TPSA) is 60.7 Å². The quantitative estimate of drug-likeness (QED) is 0.922. The van der Waals surface area contributed by atoms with E-state index >= 15 is 0 Å².